The van der Waals surface area contributed by atoms with Crippen molar-refractivity contribution in [3.63, 3.8) is 0 Å². The molecular formula is C21H30F4N2O. The van der Waals surface area contributed by atoms with Gasteiger partial charge in [-0.05, 0) is 61.9 Å². The Morgan fingerprint density at radius 1 is 1.25 bits per heavy atom. The molecule has 0 bridgehead atoms. The Labute approximate surface area is 164 Å². The Kier molecular flexibility index (Phi) is 7.48. The Morgan fingerprint density at radius 3 is 2.57 bits per heavy atom. The summed E-state index contributed by atoms with van der Waals surface area (Å²) >= 11 is 0. The molecule has 1 heterocycles. The number of piperidine rings is 1. The Hall–Kier alpha value is -1.63. The first-order valence-electron chi connectivity index (χ1n) is 9.77. The minimum Gasteiger partial charge on any atom is -0.352 e. The number of likely N-dealkylation sites (tertiary alicyclic amines) is 1. The molecule has 1 aromatic carbocycles. The molecule has 0 saturated carbocycles. The third-order valence-corrected chi connectivity index (χ3v) is 5.19. The average molecular weight is 402 g/mol. The van der Waals surface area contributed by atoms with Gasteiger partial charge in [-0.2, -0.15) is 13.2 Å². The van der Waals surface area contributed by atoms with Crippen LogP contribution in [0.2, 0.25) is 0 Å². The van der Waals surface area contributed by atoms with Gasteiger partial charge in [0, 0.05) is 18.7 Å². The van der Waals surface area contributed by atoms with Gasteiger partial charge in [0.05, 0.1) is 5.56 Å². The summed E-state index contributed by atoms with van der Waals surface area (Å²) in [5.41, 5.74) is -0.675. The van der Waals surface area contributed by atoms with Crippen LogP contribution in [0.5, 0.6) is 0 Å². The van der Waals surface area contributed by atoms with Crippen LogP contribution in [-0.2, 0) is 6.18 Å². The van der Waals surface area contributed by atoms with Gasteiger partial charge in [-0.1, -0.05) is 26.8 Å². The van der Waals surface area contributed by atoms with Gasteiger partial charge >= 0.3 is 6.18 Å². The lowest BCUT2D eigenvalue weighted by Crippen LogP contribution is -2.43. The van der Waals surface area contributed by atoms with Gasteiger partial charge in [-0.25, -0.2) is 4.39 Å². The summed E-state index contributed by atoms with van der Waals surface area (Å²) in [6, 6.07) is 4.32. The van der Waals surface area contributed by atoms with E-state index >= 15 is 0 Å². The highest BCUT2D eigenvalue weighted by Gasteiger charge is 2.31. The Balaban J connectivity index is 1.77. The molecule has 158 valence electrons. The summed E-state index contributed by atoms with van der Waals surface area (Å²) in [7, 11) is 0. The number of carbonyl (C=O) groups excluding carboxylic acids is 1. The van der Waals surface area contributed by atoms with Crippen LogP contribution in [0.4, 0.5) is 17.6 Å². The van der Waals surface area contributed by atoms with Crippen molar-refractivity contribution < 1.29 is 22.4 Å². The fourth-order valence-corrected chi connectivity index (χ4v) is 3.35. The van der Waals surface area contributed by atoms with Gasteiger partial charge in [0.2, 0.25) is 0 Å². The van der Waals surface area contributed by atoms with E-state index in [2.05, 4.69) is 31.0 Å². The monoisotopic (exact) mass is 402 g/mol. The van der Waals surface area contributed by atoms with E-state index in [1.165, 1.54) is 12.1 Å². The quantitative estimate of drug-likeness (QED) is 0.685. The number of carbonyl (C=O) groups is 1. The number of nitrogens with zero attached hydrogens (tertiary/aromatic N) is 1. The standard InChI is InChI=1S/C21H30F4N2O/c1-20(2,3)9-12-27-11-8-15(18(22)14-27)7-10-26-19(28)16-5-4-6-17(13-16)21(23,24)25/h4-6,13,15,18H,7-12,14H2,1-3H3,(H,26,28)/t15-,18+/m1/s1. The normalized spacial score (nSPS) is 21.5. The van der Waals surface area contributed by atoms with E-state index in [-0.39, 0.29) is 23.4 Å². The largest absolute Gasteiger partial charge is 0.416 e. The van der Waals surface area contributed by atoms with Gasteiger partial charge in [-0.3, -0.25) is 4.79 Å². The zero-order valence-electron chi connectivity index (χ0n) is 16.8. The molecule has 0 radical (unpaired) electrons. The maximum absolute atomic E-state index is 14.5. The molecule has 0 aromatic heterocycles. The smallest absolute Gasteiger partial charge is 0.352 e. The molecule has 1 amide bonds. The lowest BCUT2D eigenvalue weighted by molar-refractivity contribution is -0.137. The van der Waals surface area contributed by atoms with E-state index in [0.29, 0.717) is 13.0 Å². The highest BCUT2D eigenvalue weighted by Crippen LogP contribution is 2.29. The molecule has 0 spiro atoms. The van der Waals surface area contributed by atoms with E-state index < -0.39 is 23.8 Å². The van der Waals surface area contributed by atoms with Crippen molar-refractivity contribution in [1.29, 1.82) is 0 Å². The first-order chi connectivity index (χ1) is 13.0. The molecule has 2 rings (SSSR count). The lowest BCUT2D eigenvalue weighted by Gasteiger charge is -2.36. The number of halogens is 4. The van der Waals surface area contributed by atoms with Crippen LogP contribution >= 0.6 is 0 Å². The average Bonchev–Trinajstić information content (AvgIpc) is 2.60. The predicted molar refractivity (Wildman–Crippen MR) is 102 cm³/mol. The first kappa shape index (κ1) is 22.7. The van der Waals surface area contributed by atoms with Crippen molar-refractivity contribution in [1.82, 2.24) is 10.2 Å². The molecule has 1 aliphatic rings. The van der Waals surface area contributed by atoms with Gasteiger partial charge in [0.15, 0.2) is 0 Å². The summed E-state index contributed by atoms with van der Waals surface area (Å²) in [4.78, 5) is 14.2. The van der Waals surface area contributed by atoms with E-state index in [1.807, 2.05) is 0 Å². The number of nitrogens with one attached hydrogen (secondary N) is 1. The second-order valence-corrected chi connectivity index (χ2v) is 8.80. The molecule has 1 N–H and O–H groups in total. The summed E-state index contributed by atoms with van der Waals surface area (Å²) < 4.78 is 52.7. The summed E-state index contributed by atoms with van der Waals surface area (Å²) in [5.74, 6) is -0.697. The van der Waals surface area contributed by atoms with Crippen LogP contribution < -0.4 is 5.32 Å². The number of hydrogen-bond donors (Lipinski definition) is 1. The molecule has 1 aromatic rings. The zero-order valence-corrected chi connectivity index (χ0v) is 16.8. The maximum atomic E-state index is 14.5. The third-order valence-electron chi connectivity index (χ3n) is 5.19. The summed E-state index contributed by atoms with van der Waals surface area (Å²) in [6.45, 7) is 8.87. The van der Waals surface area contributed by atoms with Crippen molar-refractivity contribution in [2.24, 2.45) is 11.3 Å². The lowest BCUT2D eigenvalue weighted by atomic mass is 9.89. The second kappa shape index (κ2) is 9.25. The molecule has 3 nitrogen and oxygen atoms in total. The number of hydrogen-bond acceptors (Lipinski definition) is 2. The van der Waals surface area contributed by atoms with Crippen LogP contribution in [0.15, 0.2) is 24.3 Å². The molecule has 1 saturated heterocycles. The molecule has 1 fully saturated rings. The number of alkyl halides is 4. The van der Waals surface area contributed by atoms with Crippen LogP contribution in [0.25, 0.3) is 0 Å². The fraction of sp³-hybridized carbons (Fsp3) is 0.667. The maximum Gasteiger partial charge on any atom is 0.416 e. The molecule has 0 unspecified atom stereocenters. The minimum absolute atomic E-state index is 0.0383. The summed E-state index contributed by atoms with van der Waals surface area (Å²) in [6.07, 6.45) is -3.21. The highest BCUT2D eigenvalue weighted by molar-refractivity contribution is 5.94. The zero-order chi connectivity index (χ0) is 20.9. The Morgan fingerprint density at radius 2 is 1.96 bits per heavy atom. The SMILES string of the molecule is CC(C)(C)CCN1CC[C@@H](CCNC(=O)c2cccc(C(F)(F)F)c2)[C@@H](F)C1. The van der Waals surface area contributed by atoms with Gasteiger partial charge in [0.1, 0.15) is 6.17 Å². The second-order valence-electron chi connectivity index (χ2n) is 8.80. The van der Waals surface area contributed by atoms with Crippen LogP contribution in [0.1, 0.15) is 56.0 Å². The van der Waals surface area contributed by atoms with Gasteiger partial charge in [0.25, 0.3) is 5.91 Å². The number of rotatable bonds is 6. The van der Waals surface area contributed by atoms with Crippen molar-refractivity contribution in [3.05, 3.63) is 35.4 Å². The molecule has 28 heavy (non-hydrogen) atoms. The number of amides is 1. The van der Waals surface area contributed by atoms with Crippen molar-refractivity contribution in [2.75, 3.05) is 26.2 Å². The topological polar surface area (TPSA) is 32.3 Å². The van der Waals surface area contributed by atoms with Crippen molar-refractivity contribution in [3.8, 4) is 0 Å². The van der Waals surface area contributed by atoms with Gasteiger partial charge in [-0.15, -0.1) is 0 Å². The predicted octanol–water partition coefficient (Wildman–Crippen LogP) is 4.92. The highest BCUT2D eigenvalue weighted by atomic mass is 19.4. The molecule has 7 heteroatoms. The Bertz CT molecular complexity index is 655. The third kappa shape index (κ3) is 7.08. The summed E-state index contributed by atoms with van der Waals surface area (Å²) in [5, 5.41) is 2.62. The molecule has 1 aliphatic heterocycles. The van der Waals surface area contributed by atoms with E-state index in [0.717, 1.165) is 38.1 Å². The molecule has 2 atom stereocenters. The van der Waals surface area contributed by atoms with Gasteiger partial charge < -0.3 is 10.2 Å². The van der Waals surface area contributed by atoms with Crippen molar-refractivity contribution in [2.45, 2.75) is 52.4 Å². The molecule has 0 aliphatic carbocycles. The minimum atomic E-state index is -4.49. The van der Waals surface area contributed by atoms with Crippen LogP contribution in [0, 0.1) is 11.3 Å². The molecular weight excluding hydrogens is 372 g/mol. The van der Waals surface area contributed by atoms with Crippen LogP contribution in [-0.4, -0.2) is 43.2 Å². The fourth-order valence-electron chi connectivity index (χ4n) is 3.35. The van der Waals surface area contributed by atoms with Crippen molar-refractivity contribution >= 4 is 5.91 Å². The van der Waals surface area contributed by atoms with E-state index in [9.17, 15) is 22.4 Å². The van der Waals surface area contributed by atoms with Crippen LogP contribution in [0.3, 0.4) is 0 Å². The van der Waals surface area contributed by atoms with E-state index in [4.69, 9.17) is 0 Å². The first-order valence-corrected chi connectivity index (χ1v) is 9.77. The van der Waals surface area contributed by atoms with E-state index in [1.54, 1.807) is 0 Å². The number of benzene rings is 1.